The number of alkyl halides is 2. The van der Waals surface area contributed by atoms with Gasteiger partial charge in [0.2, 0.25) is 0 Å². The van der Waals surface area contributed by atoms with E-state index in [-0.39, 0.29) is 5.69 Å². The molecule has 0 unspecified atom stereocenters. The molecule has 1 N–H and O–H groups in total. The molecule has 0 aliphatic carbocycles. The summed E-state index contributed by atoms with van der Waals surface area (Å²) in [6, 6.07) is 1.56. The Morgan fingerprint density at radius 3 is 2.56 bits per heavy atom. The van der Waals surface area contributed by atoms with Crippen LogP contribution >= 0.6 is 34.7 Å². The van der Waals surface area contributed by atoms with Gasteiger partial charge in [-0.25, -0.2) is 0 Å². The molecule has 1 heterocycles. The molecule has 5 heteroatoms. The summed E-state index contributed by atoms with van der Waals surface area (Å²) in [4.78, 5) is 0. The third kappa shape index (κ3) is 1.79. The first kappa shape index (κ1) is 7.28. The number of hydrogen-bond donors (Lipinski definition) is 1. The van der Waals surface area contributed by atoms with Crippen LogP contribution in [0.15, 0.2) is 11.4 Å². The van der Waals surface area contributed by atoms with Crippen molar-refractivity contribution in [2.45, 2.75) is 4.52 Å². The molecule has 0 atom stereocenters. The number of nitrogens with zero attached hydrogens (tertiary/aromatic N) is 1. The van der Waals surface area contributed by atoms with Gasteiger partial charge in [0.1, 0.15) is 5.69 Å². The first-order valence-electron chi connectivity index (χ1n) is 2.12. The van der Waals surface area contributed by atoms with Crippen LogP contribution in [0.3, 0.4) is 0 Å². The van der Waals surface area contributed by atoms with Gasteiger partial charge in [0.25, 0.3) is 4.52 Å². The summed E-state index contributed by atoms with van der Waals surface area (Å²) in [5.41, 5.74) is 0.274. The molecule has 0 saturated carbocycles. The van der Waals surface area contributed by atoms with Crippen LogP contribution < -0.4 is 0 Å². The van der Waals surface area contributed by atoms with Crippen LogP contribution in [-0.4, -0.2) is 9.48 Å². The van der Waals surface area contributed by atoms with Crippen molar-refractivity contribution in [1.82, 2.24) is 4.37 Å². The fraction of sp³-hybridized carbons (Fsp3) is 0.250. The van der Waals surface area contributed by atoms with E-state index in [0.29, 0.717) is 0 Å². The predicted octanol–water partition coefficient (Wildman–Crippen LogP) is 1.72. The van der Waals surface area contributed by atoms with E-state index in [1.54, 1.807) is 11.4 Å². The Morgan fingerprint density at radius 2 is 2.33 bits per heavy atom. The number of rotatable bonds is 1. The van der Waals surface area contributed by atoms with E-state index in [1.807, 2.05) is 0 Å². The topological polar surface area (TPSA) is 33.1 Å². The van der Waals surface area contributed by atoms with Gasteiger partial charge in [-0.3, -0.25) is 0 Å². The van der Waals surface area contributed by atoms with Crippen LogP contribution in [0.1, 0.15) is 5.69 Å². The highest BCUT2D eigenvalue weighted by Gasteiger charge is 2.23. The fourth-order valence-electron chi connectivity index (χ4n) is 0.368. The standard InChI is InChI=1S/C4H3Cl2NOS/c5-4(6,8)3-1-2-9-7-3/h1-2,8H. The summed E-state index contributed by atoms with van der Waals surface area (Å²) in [6.45, 7) is 0. The first-order chi connectivity index (χ1) is 4.11. The molecular weight excluding hydrogens is 181 g/mol. The molecule has 0 spiro atoms. The molecule has 0 bridgehead atoms. The highest BCUT2D eigenvalue weighted by atomic mass is 35.5. The van der Waals surface area contributed by atoms with Crippen molar-refractivity contribution in [1.29, 1.82) is 0 Å². The van der Waals surface area contributed by atoms with E-state index in [4.69, 9.17) is 28.3 Å². The van der Waals surface area contributed by atoms with Crippen LogP contribution in [0.2, 0.25) is 0 Å². The van der Waals surface area contributed by atoms with E-state index in [0.717, 1.165) is 0 Å². The normalized spacial score (nSPS) is 11.9. The molecule has 0 aromatic carbocycles. The van der Waals surface area contributed by atoms with E-state index in [1.165, 1.54) is 11.5 Å². The maximum Gasteiger partial charge on any atom is 0.260 e. The molecule has 2 nitrogen and oxygen atoms in total. The molecule has 9 heavy (non-hydrogen) atoms. The van der Waals surface area contributed by atoms with Gasteiger partial charge < -0.3 is 5.11 Å². The maximum atomic E-state index is 8.85. The molecule has 0 aliphatic rings. The molecular formula is C4H3Cl2NOS. The lowest BCUT2D eigenvalue weighted by molar-refractivity contribution is 0.214. The van der Waals surface area contributed by atoms with Gasteiger partial charge in [-0.1, -0.05) is 23.2 Å². The SMILES string of the molecule is OC(Cl)(Cl)c1ccsn1. The van der Waals surface area contributed by atoms with Crippen molar-refractivity contribution in [3.8, 4) is 0 Å². The Hall–Kier alpha value is 0.170. The average molecular weight is 184 g/mol. The summed E-state index contributed by atoms with van der Waals surface area (Å²) in [5.74, 6) is 0. The summed E-state index contributed by atoms with van der Waals surface area (Å²) < 4.78 is 1.88. The maximum absolute atomic E-state index is 8.85. The first-order valence-corrected chi connectivity index (χ1v) is 3.71. The Balaban J connectivity index is 2.90. The number of halogens is 2. The van der Waals surface area contributed by atoms with Crippen molar-refractivity contribution in [2.24, 2.45) is 0 Å². The van der Waals surface area contributed by atoms with Crippen molar-refractivity contribution < 1.29 is 5.11 Å². The zero-order valence-electron chi connectivity index (χ0n) is 4.21. The van der Waals surface area contributed by atoms with Crippen LogP contribution in [0, 0.1) is 0 Å². The van der Waals surface area contributed by atoms with Crippen LogP contribution in [0.5, 0.6) is 0 Å². The summed E-state index contributed by atoms with van der Waals surface area (Å²) in [7, 11) is 0. The van der Waals surface area contributed by atoms with Crippen molar-refractivity contribution in [3.63, 3.8) is 0 Å². The van der Waals surface area contributed by atoms with Crippen molar-refractivity contribution in [3.05, 3.63) is 17.1 Å². The Labute approximate surface area is 66.2 Å². The van der Waals surface area contributed by atoms with Gasteiger partial charge >= 0.3 is 0 Å². The van der Waals surface area contributed by atoms with E-state index < -0.39 is 4.52 Å². The number of hydrogen-bond acceptors (Lipinski definition) is 3. The Morgan fingerprint density at radius 1 is 1.67 bits per heavy atom. The van der Waals surface area contributed by atoms with Crippen LogP contribution in [0.25, 0.3) is 0 Å². The molecule has 0 saturated heterocycles. The second-order valence-corrected chi connectivity index (χ2v) is 3.38. The van der Waals surface area contributed by atoms with E-state index in [9.17, 15) is 0 Å². The van der Waals surface area contributed by atoms with Gasteiger partial charge in [0, 0.05) is 5.38 Å². The number of aromatic nitrogens is 1. The van der Waals surface area contributed by atoms with Crippen molar-refractivity contribution >= 4 is 34.7 Å². The molecule has 0 fully saturated rings. The molecule has 0 amide bonds. The molecule has 1 rings (SSSR count). The fourth-order valence-corrected chi connectivity index (χ4v) is 1.24. The molecule has 0 radical (unpaired) electrons. The third-order valence-corrected chi connectivity index (χ3v) is 1.69. The quantitative estimate of drug-likeness (QED) is 0.674. The minimum absolute atomic E-state index is 0.274. The largest absolute Gasteiger partial charge is 0.358 e. The highest BCUT2D eigenvalue weighted by Crippen LogP contribution is 2.29. The van der Waals surface area contributed by atoms with Crippen LogP contribution in [-0.2, 0) is 4.52 Å². The lowest BCUT2D eigenvalue weighted by atomic mass is 10.5. The lowest BCUT2D eigenvalue weighted by Crippen LogP contribution is -2.07. The van der Waals surface area contributed by atoms with Crippen LogP contribution in [0.4, 0.5) is 0 Å². The Kier molecular flexibility index (Phi) is 1.96. The number of aliphatic hydroxyl groups is 1. The zero-order valence-corrected chi connectivity index (χ0v) is 6.54. The monoisotopic (exact) mass is 183 g/mol. The third-order valence-electron chi connectivity index (χ3n) is 0.746. The van der Waals surface area contributed by atoms with Crippen molar-refractivity contribution in [2.75, 3.05) is 0 Å². The van der Waals surface area contributed by atoms with Gasteiger partial charge in [-0.15, -0.1) is 0 Å². The Bertz CT molecular complexity index is 181. The zero-order chi connectivity index (χ0) is 6.91. The van der Waals surface area contributed by atoms with E-state index in [2.05, 4.69) is 4.37 Å². The smallest absolute Gasteiger partial charge is 0.260 e. The average Bonchev–Trinajstić information content (AvgIpc) is 2.08. The minimum Gasteiger partial charge on any atom is -0.358 e. The minimum atomic E-state index is -1.83. The molecule has 1 aromatic rings. The van der Waals surface area contributed by atoms with E-state index >= 15 is 0 Å². The second-order valence-electron chi connectivity index (χ2n) is 1.43. The summed E-state index contributed by atoms with van der Waals surface area (Å²) in [6.07, 6.45) is 0. The van der Waals surface area contributed by atoms with Gasteiger partial charge in [-0.05, 0) is 17.6 Å². The molecule has 1 aromatic heterocycles. The summed E-state index contributed by atoms with van der Waals surface area (Å²) >= 11 is 11.7. The predicted molar refractivity (Wildman–Crippen MR) is 37.7 cm³/mol. The second kappa shape index (κ2) is 2.42. The molecule has 50 valence electrons. The summed E-state index contributed by atoms with van der Waals surface area (Å²) in [5, 5.41) is 10.5. The van der Waals surface area contributed by atoms with Gasteiger partial charge in [-0.2, -0.15) is 4.37 Å². The van der Waals surface area contributed by atoms with Gasteiger partial charge in [0.15, 0.2) is 0 Å². The molecule has 0 aliphatic heterocycles. The highest BCUT2D eigenvalue weighted by molar-refractivity contribution is 7.03. The van der Waals surface area contributed by atoms with Gasteiger partial charge in [0.05, 0.1) is 0 Å². The lowest BCUT2D eigenvalue weighted by Gasteiger charge is -2.05.